The summed E-state index contributed by atoms with van der Waals surface area (Å²) in [6.45, 7) is 1.76. The van der Waals surface area contributed by atoms with Gasteiger partial charge >= 0.3 is 12.4 Å². The van der Waals surface area contributed by atoms with E-state index < -0.39 is 53.0 Å². The lowest BCUT2D eigenvalue weighted by Crippen LogP contribution is -2.61. The number of H-pyrrole nitrogens is 1. The van der Waals surface area contributed by atoms with Gasteiger partial charge in [-0.3, -0.25) is 9.59 Å². The second-order valence-electron chi connectivity index (χ2n) is 9.58. The maximum atomic E-state index is 13.6. The summed E-state index contributed by atoms with van der Waals surface area (Å²) in [5.41, 5.74) is -2.54. The highest BCUT2D eigenvalue weighted by atomic mass is 19.4. The molecule has 0 aliphatic carbocycles. The van der Waals surface area contributed by atoms with Crippen molar-refractivity contribution in [1.29, 1.82) is 0 Å². The molecule has 0 bridgehead atoms. The summed E-state index contributed by atoms with van der Waals surface area (Å²) in [5, 5.41) is 2.76. The number of hydrogen-bond acceptors (Lipinski definition) is 3. The van der Waals surface area contributed by atoms with Crippen molar-refractivity contribution in [3.63, 3.8) is 0 Å². The number of rotatable bonds is 7. The average Bonchev–Trinajstić information content (AvgIpc) is 3.42. The molecule has 1 saturated heterocycles. The molecule has 3 aromatic rings. The Labute approximate surface area is 226 Å². The number of nitrogens with one attached hydrogen (secondary N) is 2. The molecule has 0 saturated carbocycles. The number of benzene rings is 2. The number of alkyl halides is 6. The van der Waals surface area contributed by atoms with Gasteiger partial charge in [-0.2, -0.15) is 26.3 Å². The first-order valence-electron chi connectivity index (χ1n) is 12.6. The van der Waals surface area contributed by atoms with Crippen LogP contribution in [0.1, 0.15) is 52.4 Å². The Morgan fingerprint density at radius 2 is 1.60 bits per heavy atom. The van der Waals surface area contributed by atoms with Crippen molar-refractivity contribution in [2.24, 2.45) is 0 Å². The lowest BCUT2D eigenvalue weighted by atomic mass is 9.90. The maximum absolute atomic E-state index is 13.6. The summed E-state index contributed by atoms with van der Waals surface area (Å²) >= 11 is 0. The smallest absolute Gasteiger partial charge is 0.418 e. The number of nitrogens with zero attached hydrogens (tertiary/aromatic N) is 1. The molecular weight excluding hydrogens is 540 g/mol. The van der Waals surface area contributed by atoms with Gasteiger partial charge < -0.3 is 19.9 Å². The van der Waals surface area contributed by atoms with Crippen LogP contribution in [0.5, 0.6) is 5.75 Å². The molecule has 6 nitrogen and oxygen atoms in total. The summed E-state index contributed by atoms with van der Waals surface area (Å²) in [7, 11) is 0. The zero-order valence-corrected chi connectivity index (χ0v) is 21.5. The fourth-order valence-electron chi connectivity index (χ4n) is 4.63. The Hall–Kier alpha value is -3.96. The van der Waals surface area contributed by atoms with Crippen LogP contribution in [-0.2, 0) is 30.1 Å². The minimum atomic E-state index is -4.78. The first-order chi connectivity index (χ1) is 18.8. The van der Waals surface area contributed by atoms with Gasteiger partial charge in [-0.15, -0.1) is 0 Å². The first-order valence-corrected chi connectivity index (χ1v) is 12.6. The Bertz CT molecular complexity index is 1330. The van der Waals surface area contributed by atoms with Gasteiger partial charge in [-0.1, -0.05) is 31.2 Å². The Kier molecular flexibility index (Phi) is 8.18. The van der Waals surface area contributed by atoms with E-state index in [9.17, 15) is 35.9 Å². The molecule has 2 N–H and O–H groups in total. The van der Waals surface area contributed by atoms with Crippen LogP contribution in [-0.4, -0.2) is 40.4 Å². The minimum absolute atomic E-state index is 0.0534. The molecule has 1 unspecified atom stereocenters. The number of halogens is 6. The number of aryl methyl sites for hydroxylation is 1. The number of piperidine rings is 1. The van der Waals surface area contributed by atoms with Crippen molar-refractivity contribution in [3.8, 4) is 5.75 Å². The summed E-state index contributed by atoms with van der Waals surface area (Å²) in [6, 6.07) is 11.2. The number of carbonyl (C=O) groups is 2. The molecule has 2 aromatic carbocycles. The average molecular weight is 568 g/mol. The number of likely N-dealkylation sites (tertiary alicyclic amines) is 1. The van der Waals surface area contributed by atoms with E-state index in [2.05, 4.69) is 10.3 Å². The first kappa shape index (κ1) is 29.0. The van der Waals surface area contributed by atoms with E-state index in [1.807, 2.05) is 31.2 Å². The quantitative estimate of drug-likeness (QED) is 0.345. The predicted octanol–water partition coefficient (Wildman–Crippen LogP) is 5.98. The van der Waals surface area contributed by atoms with Crippen molar-refractivity contribution in [1.82, 2.24) is 15.2 Å². The molecule has 0 radical (unpaired) electrons. The Morgan fingerprint density at radius 3 is 2.20 bits per heavy atom. The van der Waals surface area contributed by atoms with Crippen LogP contribution in [0.25, 0.3) is 0 Å². The van der Waals surface area contributed by atoms with E-state index in [0.717, 1.165) is 52.9 Å². The third-order valence-electron chi connectivity index (χ3n) is 6.82. The SMILES string of the molecule is CCc1ccc(CNC(=O)C2(Oc3ccc(C(F)(F)F)cc3)CCCN(C(=O)c3c[nH]cc3C(F)(F)F)C2)cc1. The monoisotopic (exact) mass is 567 g/mol. The minimum Gasteiger partial charge on any atom is -0.476 e. The van der Waals surface area contributed by atoms with E-state index in [0.29, 0.717) is 6.20 Å². The third kappa shape index (κ3) is 6.43. The van der Waals surface area contributed by atoms with Gasteiger partial charge in [0.1, 0.15) is 5.75 Å². The summed E-state index contributed by atoms with van der Waals surface area (Å²) < 4.78 is 85.5. The normalized spacial score (nSPS) is 17.9. The van der Waals surface area contributed by atoms with E-state index in [4.69, 9.17) is 4.74 Å². The van der Waals surface area contributed by atoms with Gasteiger partial charge in [0.25, 0.3) is 11.8 Å². The number of hydrogen-bond donors (Lipinski definition) is 2. The van der Waals surface area contributed by atoms with E-state index >= 15 is 0 Å². The van der Waals surface area contributed by atoms with Crippen molar-refractivity contribution in [3.05, 3.63) is 88.7 Å². The fraction of sp³-hybridized carbons (Fsp3) is 0.357. The largest absolute Gasteiger partial charge is 0.476 e. The lowest BCUT2D eigenvalue weighted by molar-refractivity contribution is -0.142. The number of carbonyl (C=O) groups excluding carboxylic acids is 2. The van der Waals surface area contributed by atoms with Gasteiger partial charge in [0.15, 0.2) is 0 Å². The van der Waals surface area contributed by atoms with Crippen LogP contribution >= 0.6 is 0 Å². The second kappa shape index (κ2) is 11.3. The lowest BCUT2D eigenvalue weighted by Gasteiger charge is -2.41. The van der Waals surface area contributed by atoms with Crippen LogP contribution in [0.15, 0.2) is 60.9 Å². The van der Waals surface area contributed by atoms with E-state index in [1.165, 1.54) is 0 Å². The molecule has 12 heteroatoms. The van der Waals surface area contributed by atoms with Crippen LogP contribution in [0.3, 0.4) is 0 Å². The summed E-state index contributed by atoms with van der Waals surface area (Å²) in [5.74, 6) is -1.64. The standard InChI is InChI=1S/C28H27F6N3O3/c1-2-18-4-6-19(7-5-18)14-36-25(39)26(40-21-10-8-20(9-11-21)27(29,30)31)12-3-13-37(17-26)24(38)22-15-35-16-23(22)28(32,33)34/h4-11,15-16,35H,2-3,12-14,17H2,1H3,(H,36,39). The molecule has 1 atom stereocenters. The molecule has 1 aromatic heterocycles. The zero-order valence-electron chi connectivity index (χ0n) is 21.5. The second-order valence-corrected chi connectivity index (χ2v) is 9.58. The highest BCUT2D eigenvalue weighted by Gasteiger charge is 2.47. The van der Waals surface area contributed by atoms with Crippen molar-refractivity contribution >= 4 is 11.8 Å². The molecule has 2 heterocycles. The molecule has 1 fully saturated rings. The Morgan fingerprint density at radius 1 is 0.950 bits per heavy atom. The highest BCUT2D eigenvalue weighted by Crippen LogP contribution is 2.35. The van der Waals surface area contributed by atoms with Gasteiger partial charge in [0.05, 0.1) is 23.2 Å². The number of amides is 2. The van der Waals surface area contributed by atoms with Crippen LogP contribution < -0.4 is 10.1 Å². The number of aromatic nitrogens is 1. The molecule has 214 valence electrons. The van der Waals surface area contributed by atoms with Crippen LogP contribution in [0, 0.1) is 0 Å². The van der Waals surface area contributed by atoms with Crippen molar-refractivity contribution in [2.45, 2.75) is 50.7 Å². The summed E-state index contributed by atoms with van der Waals surface area (Å²) in [4.78, 5) is 30.2. The maximum Gasteiger partial charge on any atom is 0.418 e. The van der Waals surface area contributed by atoms with Gasteiger partial charge in [-0.25, -0.2) is 0 Å². The molecule has 1 aliphatic heterocycles. The van der Waals surface area contributed by atoms with E-state index in [-0.39, 0.29) is 31.7 Å². The van der Waals surface area contributed by atoms with Gasteiger partial charge in [0, 0.05) is 25.5 Å². The molecule has 40 heavy (non-hydrogen) atoms. The molecular formula is C28H27F6N3O3. The van der Waals surface area contributed by atoms with Gasteiger partial charge in [0.2, 0.25) is 5.60 Å². The van der Waals surface area contributed by atoms with E-state index in [1.54, 1.807) is 0 Å². The van der Waals surface area contributed by atoms with Crippen LogP contribution in [0.2, 0.25) is 0 Å². The molecule has 4 rings (SSSR count). The topological polar surface area (TPSA) is 74.4 Å². The zero-order chi connectivity index (χ0) is 29.1. The third-order valence-corrected chi connectivity index (χ3v) is 6.82. The van der Waals surface area contributed by atoms with Gasteiger partial charge in [-0.05, 0) is 54.7 Å². The Balaban J connectivity index is 1.61. The highest BCUT2D eigenvalue weighted by molar-refractivity contribution is 5.97. The number of ether oxygens (including phenoxy) is 1. The molecule has 2 amide bonds. The molecule has 1 aliphatic rings. The van der Waals surface area contributed by atoms with Crippen molar-refractivity contribution < 1.29 is 40.7 Å². The molecule has 0 spiro atoms. The fourth-order valence-corrected chi connectivity index (χ4v) is 4.63. The summed E-state index contributed by atoms with van der Waals surface area (Å²) in [6.07, 6.45) is -6.62. The van der Waals surface area contributed by atoms with Crippen LogP contribution in [0.4, 0.5) is 26.3 Å². The number of aromatic amines is 1. The predicted molar refractivity (Wildman–Crippen MR) is 133 cm³/mol. The van der Waals surface area contributed by atoms with Crippen molar-refractivity contribution in [2.75, 3.05) is 13.1 Å².